The van der Waals surface area contributed by atoms with E-state index >= 15 is 0 Å². The minimum absolute atomic E-state index is 0.0725. The molecule has 0 aliphatic rings. The minimum atomic E-state index is -3.80. The van der Waals surface area contributed by atoms with Crippen molar-refractivity contribution in [1.29, 1.82) is 0 Å². The topological polar surface area (TPSA) is 66.5 Å². The molecule has 0 spiro atoms. The summed E-state index contributed by atoms with van der Waals surface area (Å²) < 4.78 is 27.5. The molecule has 0 radical (unpaired) electrons. The van der Waals surface area contributed by atoms with Crippen molar-refractivity contribution in [3.05, 3.63) is 94.5 Å². The fourth-order valence-corrected chi connectivity index (χ4v) is 4.82. The lowest BCUT2D eigenvalue weighted by atomic mass is 10.00. The Hall–Kier alpha value is -3.12. The van der Waals surface area contributed by atoms with Crippen LogP contribution >= 0.6 is 0 Å². The van der Waals surface area contributed by atoms with E-state index in [1.807, 2.05) is 52.0 Å². The maximum Gasteiger partial charge on any atom is 0.264 e. The van der Waals surface area contributed by atoms with Gasteiger partial charge in [0.05, 0.1) is 16.6 Å². The van der Waals surface area contributed by atoms with Crippen LogP contribution in [0, 0.1) is 20.8 Å². The highest BCUT2D eigenvalue weighted by Crippen LogP contribution is 2.24. The SMILES string of the molecule is Cc1cccc(N(C)S(=O)(=O)c2cccc(C(=O)N[C@@H](C)c3ccc(C)cc3C)c2)c1. The molecule has 0 fully saturated rings. The first-order chi connectivity index (χ1) is 14.6. The molecule has 0 aliphatic carbocycles. The fraction of sp³-hybridized carbons (Fsp3) is 0.240. The van der Waals surface area contributed by atoms with Gasteiger partial charge in [0.25, 0.3) is 15.9 Å². The zero-order valence-electron chi connectivity index (χ0n) is 18.5. The van der Waals surface area contributed by atoms with E-state index < -0.39 is 10.0 Å². The second-order valence-electron chi connectivity index (χ2n) is 7.89. The quantitative estimate of drug-likeness (QED) is 0.596. The van der Waals surface area contributed by atoms with Crippen LogP contribution in [0.3, 0.4) is 0 Å². The second-order valence-corrected chi connectivity index (χ2v) is 9.86. The van der Waals surface area contributed by atoms with Crippen LogP contribution in [0.25, 0.3) is 0 Å². The first-order valence-electron chi connectivity index (χ1n) is 10.1. The zero-order valence-corrected chi connectivity index (χ0v) is 19.3. The van der Waals surface area contributed by atoms with E-state index in [-0.39, 0.29) is 16.8 Å². The number of amides is 1. The van der Waals surface area contributed by atoms with Gasteiger partial charge in [-0.3, -0.25) is 9.10 Å². The Balaban J connectivity index is 1.84. The summed E-state index contributed by atoms with van der Waals surface area (Å²) in [5.74, 6) is -0.317. The summed E-state index contributed by atoms with van der Waals surface area (Å²) in [4.78, 5) is 12.9. The molecule has 6 heteroatoms. The zero-order chi connectivity index (χ0) is 22.8. The summed E-state index contributed by atoms with van der Waals surface area (Å²) in [5, 5.41) is 2.97. The maximum atomic E-state index is 13.1. The van der Waals surface area contributed by atoms with Gasteiger partial charge in [-0.25, -0.2) is 8.42 Å². The Kier molecular flexibility index (Phi) is 6.51. The molecule has 31 heavy (non-hydrogen) atoms. The number of nitrogens with one attached hydrogen (secondary N) is 1. The molecule has 0 aliphatic heterocycles. The smallest absolute Gasteiger partial charge is 0.264 e. The number of aryl methyl sites for hydroxylation is 3. The first-order valence-corrected chi connectivity index (χ1v) is 11.6. The van der Waals surface area contributed by atoms with Crippen molar-refractivity contribution in [1.82, 2.24) is 5.32 Å². The minimum Gasteiger partial charge on any atom is -0.346 e. The van der Waals surface area contributed by atoms with Crippen molar-refractivity contribution >= 4 is 21.6 Å². The molecule has 1 atom stereocenters. The number of carbonyl (C=O) groups excluding carboxylic acids is 1. The number of anilines is 1. The van der Waals surface area contributed by atoms with E-state index in [4.69, 9.17) is 0 Å². The number of carbonyl (C=O) groups is 1. The van der Waals surface area contributed by atoms with E-state index in [1.165, 1.54) is 23.5 Å². The van der Waals surface area contributed by atoms with Crippen molar-refractivity contribution in [3.63, 3.8) is 0 Å². The highest BCUT2D eigenvalue weighted by atomic mass is 32.2. The largest absolute Gasteiger partial charge is 0.346 e. The molecule has 1 N–H and O–H groups in total. The number of sulfonamides is 1. The van der Waals surface area contributed by atoms with Gasteiger partial charge in [0.15, 0.2) is 0 Å². The third-order valence-corrected chi connectivity index (χ3v) is 7.14. The lowest BCUT2D eigenvalue weighted by molar-refractivity contribution is 0.0939. The van der Waals surface area contributed by atoms with Gasteiger partial charge in [0, 0.05) is 12.6 Å². The Labute approximate surface area is 184 Å². The molecule has 0 aromatic heterocycles. The average molecular weight is 437 g/mol. The van der Waals surface area contributed by atoms with Gasteiger partial charge in [0.1, 0.15) is 0 Å². The van der Waals surface area contributed by atoms with Crippen LogP contribution < -0.4 is 9.62 Å². The summed E-state index contributed by atoms with van der Waals surface area (Å²) in [6.45, 7) is 7.87. The molecule has 1 amide bonds. The van der Waals surface area contributed by atoms with Crippen LogP contribution in [0.5, 0.6) is 0 Å². The molecule has 0 heterocycles. The normalized spacial score (nSPS) is 12.3. The summed E-state index contributed by atoms with van der Waals surface area (Å²) >= 11 is 0. The monoisotopic (exact) mass is 436 g/mol. The van der Waals surface area contributed by atoms with Crippen molar-refractivity contribution in [3.8, 4) is 0 Å². The lowest BCUT2D eigenvalue weighted by Crippen LogP contribution is -2.29. The number of rotatable bonds is 6. The van der Waals surface area contributed by atoms with Crippen LogP contribution in [-0.4, -0.2) is 21.4 Å². The van der Waals surface area contributed by atoms with Crippen LogP contribution in [0.15, 0.2) is 71.6 Å². The molecule has 5 nitrogen and oxygen atoms in total. The Morgan fingerprint density at radius 1 is 0.903 bits per heavy atom. The first kappa shape index (κ1) is 22.6. The van der Waals surface area contributed by atoms with Gasteiger partial charge in [-0.1, -0.05) is 42.0 Å². The number of hydrogen-bond donors (Lipinski definition) is 1. The molecule has 3 rings (SSSR count). The molecule has 0 bridgehead atoms. The van der Waals surface area contributed by atoms with Crippen molar-refractivity contribution in [2.75, 3.05) is 11.4 Å². The summed E-state index contributed by atoms with van der Waals surface area (Å²) in [7, 11) is -2.29. The van der Waals surface area contributed by atoms with E-state index in [9.17, 15) is 13.2 Å². The Morgan fingerprint density at radius 3 is 2.26 bits per heavy atom. The van der Waals surface area contributed by atoms with Gasteiger partial charge in [0.2, 0.25) is 0 Å². The highest BCUT2D eigenvalue weighted by Gasteiger charge is 2.23. The predicted molar refractivity (Wildman–Crippen MR) is 125 cm³/mol. The molecule has 0 saturated heterocycles. The van der Waals surface area contributed by atoms with E-state index in [2.05, 4.69) is 11.4 Å². The summed E-state index contributed by atoms with van der Waals surface area (Å²) in [6, 6.07) is 19.3. The van der Waals surface area contributed by atoms with Gasteiger partial charge in [-0.2, -0.15) is 0 Å². The highest BCUT2D eigenvalue weighted by molar-refractivity contribution is 7.92. The average Bonchev–Trinajstić information content (AvgIpc) is 2.73. The number of benzene rings is 3. The van der Waals surface area contributed by atoms with E-state index in [1.54, 1.807) is 24.3 Å². The fourth-order valence-electron chi connectivity index (χ4n) is 3.59. The van der Waals surface area contributed by atoms with Gasteiger partial charge in [-0.15, -0.1) is 0 Å². The third kappa shape index (κ3) is 4.97. The summed E-state index contributed by atoms with van der Waals surface area (Å²) in [6.07, 6.45) is 0. The van der Waals surface area contributed by atoms with Gasteiger partial charge in [-0.05, 0) is 74.7 Å². The molecule has 3 aromatic carbocycles. The molecule has 0 unspecified atom stereocenters. The predicted octanol–water partition coefficient (Wildman–Crippen LogP) is 4.93. The van der Waals surface area contributed by atoms with Gasteiger partial charge < -0.3 is 5.32 Å². The Bertz CT molecular complexity index is 1220. The van der Waals surface area contributed by atoms with Gasteiger partial charge >= 0.3 is 0 Å². The summed E-state index contributed by atoms with van der Waals surface area (Å²) in [5.41, 5.74) is 5.13. The lowest BCUT2D eigenvalue weighted by Gasteiger charge is -2.21. The van der Waals surface area contributed by atoms with Crippen LogP contribution in [0.4, 0.5) is 5.69 Å². The number of nitrogens with zero attached hydrogens (tertiary/aromatic N) is 1. The van der Waals surface area contributed by atoms with Crippen molar-refractivity contribution in [2.45, 2.75) is 38.6 Å². The molecular weight excluding hydrogens is 408 g/mol. The maximum absolute atomic E-state index is 13.1. The van der Waals surface area contributed by atoms with E-state index in [0.717, 1.165) is 22.3 Å². The molecule has 0 saturated carbocycles. The van der Waals surface area contributed by atoms with E-state index in [0.29, 0.717) is 11.3 Å². The molecular formula is C25H28N2O3S. The van der Waals surface area contributed by atoms with Crippen LogP contribution in [0.2, 0.25) is 0 Å². The Morgan fingerprint density at radius 2 is 1.58 bits per heavy atom. The third-order valence-electron chi connectivity index (χ3n) is 5.36. The molecule has 3 aromatic rings. The van der Waals surface area contributed by atoms with Crippen LogP contribution in [-0.2, 0) is 10.0 Å². The second kappa shape index (κ2) is 8.94. The van der Waals surface area contributed by atoms with Crippen molar-refractivity contribution in [2.24, 2.45) is 0 Å². The van der Waals surface area contributed by atoms with Crippen LogP contribution in [0.1, 0.15) is 45.6 Å². The molecule has 162 valence electrons. The van der Waals surface area contributed by atoms with Crippen molar-refractivity contribution < 1.29 is 13.2 Å². The number of hydrogen-bond acceptors (Lipinski definition) is 3. The standard InChI is InChI=1S/C25H28N2O3S/c1-17-8-6-10-22(15-17)27(5)31(29,30)23-11-7-9-21(16-23)25(28)26-20(4)24-13-12-18(2)14-19(24)3/h6-16,20H,1-5H3,(H,26,28)/t20-/m0/s1.